The van der Waals surface area contributed by atoms with Gasteiger partial charge in [0.1, 0.15) is 12.6 Å². The van der Waals surface area contributed by atoms with E-state index < -0.39 is 28.5 Å². The summed E-state index contributed by atoms with van der Waals surface area (Å²) in [5, 5.41) is 3.28. The fraction of sp³-hybridized carbons (Fsp3) is 0.391. The van der Waals surface area contributed by atoms with Gasteiger partial charge in [0, 0.05) is 17.6 Å². The van der Waals surface area contributed by atoms with E-state index in [-0.39, 0.29) is 18.5 Å². The van der Waals surface area contributed by atoms with Crippen LogP contribution < -0.4 is 9.62 Å². The minimum Gasteiger partial charge on any atom is -0.352 e. The van der Waals surface area contributed by atoms with Crippen LogP contribution in [0, 0.1) is 6.92 Å². The number of hydrogen-bond donors (Lipinski definition) is 1. The zero-order valence-electron chi connectivity index (χ0n) is 19.0. The van der Waals surface area contributed by atoms with E-state index in [2.05, 4.69) is 5.32 Å². The van der Waals surface area contributed by atoms with Gasteiger partial charge in [-0.15, -0.1) is 0 Å². The number of benzene rings is 2. The largest absolute Gasteiger partial charge is 0.352 e. The maximum atomic E-state index is 13.4. The van der Waals surface area contributed by atoms with Crippen molar-refractivity contribution in [3.63, 3.8) is 0 Å². The number of nitrogens with zero attached hydrogens (tertiary/aromatic N) is 2. The Balaban J connectivity index is 2.40. The lowest BCUT2D eigenvalue weighted by Gasteiger charge is -2.32. The molecule has 1 atom stereocenters. The predicted octanol–water partition coefficient (Wildman–Crippen LogP) is 3.36. The van der Waals surface area contributed by atoms with Crippen LogP contribution in [0.1, 0.15) is 31.9 Å². The maximum absolute atomic E-state index is 13.4. The van der Waals surface area contributed by atoms with E-state index in [0.29, 0.717) is 16.3 Å². The van der Waals surface area contributed by atoms with Gasteiger partial charge < -0.3 is 10.2 Å². The molecule has 2 amide bonds. The number of halogens is 1. The molecule has 0 spiro atoms. The Morgan fingerprint density at radius 3 is 2.22 bits per heavy atom. The van der Waals surface area contributed by atoms with E-state index in [1.165, 1.54) is 4.90 Å². The quantitative estimate of drug-likeness (QED) is 0.597. The Hall–Kier alpha value is -2.58. The molecule has 0 aliphatic heterocycles. The van der Waals surface area contributed by atoms with Crippen LogP contribution in [0.15, 0.2) is 48.5 Å². The third-order valence-corrected chi connectivity index (χ3v) is 6.26. The van der Waals surface area contributed by atoms with E-state index in [9.17, 15) is 18.0 Å². The fourth-order valence-corrected chi connectivity index (χ4v) is 4.40. The Bertz CT molecular complexity index is 1060. The fourth-order valence-electron chi connectivity index (χ4n) is 3.26. The van der Waals surface area contributed by atoms with E-state index in [1.807, 2.05) is 44.2 Å². The van der Waals surface area contributed by atoms with Gasteiger partial charge in [-0.25, -0.2) is 8.42 Å². The highest BCUT2D eigenvalue weighted by Crippen LogP contribution is 2.26. The molecule has 0 aliphatic carbocycles. The van der Waals surface area contributed by atoms with Gasteiger partial charge in [0.05, 0.1) is 11.9 Å². The average Bonchev–Trinajstić information content (AvgIpc) is 2.69. The SMILES string of the molecule is Cc1cc(Cl)ccc1N(CC(=O)N(Cc1ccccc1)[C@H](C)C(=O)NC(C)C)S(C)(=O)=O. The normalized spacial score (nSPS) is 12.3. The molecular weight excluding hydrogens is 450 g/mol. The van der Waals surface area contributed by atoms with Crippen molar-refractivity contribution in [2.45, 2.75) is 46.3 Å². The third kappa shape index (κ3) is 6.97. The minimum atomic E-state index is -3.78. The Morgan fingerprint density at radius 2 is 1.69 bits per heavy atom. The molecule has 0 saturated heterocycles. The molecule has 0 aromatic heterocycles. The lowest BCUT2D eigenvalue weighted by atomic mass is 10.1. The topological polar surface area (TPSA) is 86.8 Å². The summed E-state index contributed by atoms with van der Waals surface area (Å²) in [5.74, 6) is -0.794. The van der Waals surface area contributed by atoms with Crippen LogP contribution in [0.2, 0.25) is 5.02 Å². The van der Waals surface area contributed by atoms with Gasteiger partial charge in [0.25, 0.3) is 0 Å². The van der Waals surface area contributed by atoms with E-state index in [4.69, 9.17) is 11.6 Å². The van der Waals surface area contributed by atoms with Crippen LogP contribution in [0.3, 0.4) is 0 Å². The van der Waals surface area contributed by atoms with E-state index in [1.54, 1.807) is 32.0 Å². The summed E-state index contributed by atoms with van der Waals surface area (Å²) in [7, 11) is -3.78. The number of aryl methyl sites for hydroxylation is 1. The molecule has 2 aromatic carbocycles. The van der Waals surface area contributed by atoms with Gasteiger partial charge in [-0.2, -0.15) is 0 Å². The number of nitrogens with one attached hydrogen (secondary N) is 1. The standard InChI is InChI=1S/C23H30ClN3O4S/c1-16(2)25-23(29)18(4)26(14-19-9-7-6-8-10-19)22(28)15-27(32(5,30)31)21-12-11-20(24)13-17(21)3/h6-13,16,18H,14-15H2,1-5H3,(H,25,29)/t18-/m1/s1. The summed E-state index contributed by atoms with van der Waals surface area (Å²) in [6.07, 6.45) is 1.05. The molecule has 2 rings (SSSR count). The van der Waals surface area contributed by atoms with Crippen molar-refractivity contribution in [1.82, 2.24) is 10.2 Å². The number of amides is 2. The molecule has 0 bridgehead atoms. The van der Waals surface area contributed by atoms with Gasteiger partial charge in [-0.05, 0) is 57.0 Å². The first-order valence-electron chi connectivity index (χ1n) is 10.3. The molecule has 0 fully saturated rings. The zero-order valence-corrected chi connectivity index (χ0v) is 20.6. The van der Waals surface area contributed by atoms with Crippen LogP contribution >= 0.6 is 11.6 Å². The Labute approximate surface area is 195 Å². The van der Waals surface area contributed by atoms with Crippen molar-refractivity contribution < 1.29 is 18.0 Å². The molecule has 0 saturated carbocycles. The minimum absolute atomic E-state index is 0.0946. The Kier molecular flexibility index (Phi) is 8.69. The molecule has 0 radical (unpaired) electrons. The molecule has 7 nitrogen and oxygen atoms in total. The number of sulfonamides is 1. The van der Waals surface area contributed by atoms with Crippen LogP contribution in [0.25, 0.3) is 0 Å². The molecule has 0 unspecified atom stereocenters. The molecule has 1 N–H and O–H groups in total. The first-order valence-corrected chi connectivity index (χ1v) is 12.5. The predicted molar refractivity (Wildman–Crippen MR) is 128 cm³/mol. The van der Waals surface area contributed by atoms with Crippen LogP contribution in [0.5, 0.6) is 0 Å². The second-order valence-electron chi connectivity index (χ2n) is 8.05. The first kappa shape index (κ1) is 25.7. The number of carbonyl (C=O) groups excluding carboxylic acids is 2. The Morgan fingerprint density at radius 1 is 1.06 bits per heavy atom. The highest BCUT2D eigenvalue weighted by molar-refractivity contribution is 7.92. The van der Waals surface area contributed by atoms with Gasteiger partial charge >= 0.3 is 0 Å². The molecule has 9 heteroatoms. The summed E-state index contributed by atoms with van der Waals surface area (Å²) in [6, 6.07) is 13.2. The summed E-state index contributed by atoms with van der Waals surface area (Å²) < 4.78 is 26.2. The number of hydrogen-bond acceptors (Lipinski definition) is 4. The lowest BCUT2D eigenvalue weighted by Crippen LogP contribution is -2.52. The van der Waals surface area contributed by atoms with Crippen molar-refractivity contribution in [3.8, 4) is 0 Å². The van der Waals surface area contributed by atoms with E-state index in [0.717, 1.165) is 16.1 Å². The molecule has 2 aromatic rings. The summed E-state index contributed by atoms with van der Waals surface area (Å²) in [5.41, 5.74) is 1.82. The van der Waals surface area contributed by atoms with Gasteiger partial charge in [-0.1, -0.05) is 41.9 Å². The third-order valence-electron chi connectivity index (χ3n) is 4.90. The van der Waals surface area contributed by atoms with Gasteiger partial charge in [0.2, 0.25) is 21.8 Å². The van der Waals surface area contributed by atoms with Crippen LogP contribution in [0.4, 0.5) is 5.69 Å². The van der Waals surface area contributed by atoms with Crippen LogP contribution in [-0.4, -0.2) is 50.0 Å². The highest BCUT2D eigenvalue weighted by atomic mass is 35.5. The second-order valence-corrected chi connectivity index (χ2v) is 10.4. The summed E-state index contributed by atoms with van der Waals surface area (Å²) in [6.45, 7) is 6.77. The number of rotatable bonds is 9. The summed E-state index contributed by atoms with van der Waals surface area (Å²) >= 11 is 6.01. The molecule has 32 heavy (non-hydrogen) atoms. The molecule has 0 heterocycles. The smallest absolute Gasteiger partial charge is 0.244 e. The molecular formula is C23H30ClN3O4S. The molecule has 174 valence electrons. The monoisotopic (exact) mass is 479 g/mol. The maximum Gasteiger partial charge on any atom is 0.244 e. The van der Waals surface area contributed by atoms with Crippen molar-refractivity contribution in [2.75, 3.05) is 17.1 Å². The average molecular weight is 480 g/mol. The van der Waals surface area contributed by atoms with Crippen molar-refractivity contribution in [1.29, 1.82) is 0 Å². The summed E-state index contributed by atoms with van der Waals surface area (Å²) in [4.78, 5) is 27.5. The van der Waals surface area contributed by atoms with Gasteiger partial charge in [0.15, 0.2) is 0 Å². The highest BCUT2D eigenvalue weighted by Gasteiger charge is 2.30. The number of anilines is 1. The van der Waals surface area contributed by atoms with E-state index >= 15 is 0 Å². The van der Waals surface area contributed by atoms with Gasteiger partial charge in [-0.3, -0.25) is 13.9 Å². The van der Waals surface area contributed by atoms with Crippen molar-refractivity contribution in [2.24, 2.45) is 0 Å². The molecule has 0 aliphatic rings. The second kappa shape index (κ2) is 10.8. The zero-order chi connectivity index (χ0) is 24.1. The van der Waals surface area contributed by atoms with Crippen molar-refractivity contribution in [3.05, 3.63) is 64.7 Å². The van der Waals surface area contributed by atoms with Crippen LogP contribution in [-0.2, 0) is 26.2 Å². The number of carbonyl (C=O) groups is 2. The lowest BCUT2D eigenvalue weighted by molar-refractivity contribution is -0.139. The first-order chi connectivity index (χ1) is 14.9. The van der Waals surface area contributed by atoms with Crippen molar-refractivity contribution >= 4 is 39.1 Å².